The Hall–Kier alpha value is -3.35. The quantitative estimate of drug-likeness (QED) is 0.619. The van der Waals surface area contributed by atoms with Gasteiger partial charge in [-0.25, -0.2) is 4.79 Å². The summed E-state index contributed by atoms with van der Waals surface area (Å²) in [7, 11) is 1.91. The summed E-state index contributed by atoms with van der Waals surface area (Å²) in [4.78, 5) is 38.1. The summed E-state index contributed by atoms with van der Waals surface area (Å²) < 4.78 is 5.53. The fourth-order valence-electron chi connectivity index (χ4n) is 3.48. The van der Waals surface area contributed by atoms with Gasteiger partial charge < -0.3 is 20.3 Å². The molecule has 0 unspecified atom stereocenters. The summed E-state index contributed by atoms with van der Waals surface area (Å²) in [5.74, 6) is -0.151. The van der Waals surface area contributed by atoms with Gasteiger partial charge in [-0.05, 0) is 54.8 Å². The van der Waals surface area contributed by atoms with Crippen LogP contribution >= 0.6 is 0 Å². The van der Waals surface area contributed by atoms with Crippen LogP contribution in [0.3, 0.4) is 0 Å². The van der Waals surface area contributed by atoms with E-state index in [1.165, 1.54) is 0 Å². The summed E-state index contributed by atoms with van der Waals surface area (Å²) in [6, 6.07) is 10.4. The fourth-order valence-corrected chi connectivity index (χ4v) is 3.48. The lowest BCUT2D eigenvalue weighted by molar-refractivity contribution is -0.116. The molecule has 0 aliphatic carbocycles. The van der Waals surface area contributed by atoms with Crippen molar-refractivity contribution in [1.29, 1.82) is 0 Å². The second-order valence-corrected chi connectivity index (χ2v) is 7.06. The molecule has 0 bridgehead atoms. The number of ether oxygens (including phenoxy) is 1. The average molecular weight is 379 g/mol. The Morgan fingerprint density at radius 1 is 0.964 bits per heavy atom. The van der Waals surface area contributed by atoms with E-state index in [1.54, 1.807) is 30.3 Å². The predicted octanol–water partition coefficient (Wildman–Crippen LogP) is 2.96. The molecule has 2 aliphatic rings. The van der Waals surface area contributed by atoms with Crippen LogP contribution in [0.1, 0.15) is 35.2 Å². The molecule has 144 valence electrons. The van der Waals surface area contributed by atoms with E-state index in [0.29, 0.717) is 36.4 Å². The van der Waals surface area contributed by atoms with Gasteiger partial charge in [-0.3, -0.25) is 9.59 Å². The van der Waals surface area contributed by atoms with Crippen molar-refractivity contribution in [3.63, 3.8) is 0 Å². The number of rotatable bonds is 2. The first-order chi connectivity index (χ1) is 13.5. The molecule has 2 heterocycles. The molecule has 28 heavy (non-hydrogen) atoms. The number of hydrogen-bond donors (Lipinski definition) is 2. The smallest absolute Gasteiger partial charge is 0.343 e. The highest BCUT2D eigenvalue weighted by atomic mass is 16.5. The minimum absolute atomic E-state index is 0.000451. The van der Waals surface area contributed by atoms with Gasteiger partial charge in [-0.15, -0.1) is 0 Å². The molecule has 0 fully saturated rings. The zero-order chi connectivity index (χ0) is 19.7. The molecule has 0 radical (unpaired) electrons. The maximum absolute atomic E-state index is 12.6. The van der Waals surface area contributed by atoms with Crippen LogP contribution in [0.2, 0.25) is 0 Å². The van der Waals surface area contributed by atoms with Crippen LogP contribution in [0.25, 0.3) is 0 Å². The number of nitrogens with zero attached hydrogens (tertiary/aromatic N) is 1. The third-order valence-corrected chi connectivity index (χ3v) is 5.00. The molecular weight excluding hydrogens is 358 g/mol. The number of esters is 1. The molecule has 0 spiro atoms. The summed E-state index contributed by atoms with van der Waals surface area (Å²) in [6.45, 7) is 0.619. The molecule has 2 amide bonds. The van der Waals surface area contributed by atoms with Gasteiger partial charge in [0.05, 0.1) is 16.9 Å². The Balaban J connectivity index is 1.55. The number of amides is 2. The van der Waals surface area contributed by atoms with Crippen LogP contribution in [0.15, 0.2) is 36.4 Å². The maximum Gasteiger partial charge on any atom is 0.343 e. The van der Waals surface area contributed by atoms with E-state index in [2.05, 4.69) is 10.6 Å². The van der Waals surface area contributed by atoms with E-state index in [-0.39, 0.29) is 11.8 Å². The Labute approximate surface area is 162 Å². The van der Waals surface area contributed by atoms with Crippen molar-refractivity contribution in [2.45, 2.75) is 25.7 Å². The lowest BCUT2D eigenvalue weighted by atomic mass is 10.1. The first-order valence-electron chi connectivity index (χ1n) is 9.29. The standard InChI is InChI=1S/C21H21N3O4/c1-24-10-9-20(26)23-17-12-14(5-8-18(17)24)21(27)28-15-6-7-16-13(11-15)3-2-4-19(25)22-16/h5-8,11-12H,2-4,9-10H2,1H3,(H,22,25)(H,23,26). The van der Waals surface area contributed by atoms with E-state index in [4.69, 9.17) is 4.74 Å². The molecule has 0 saturated carbocycles. The monoisotopic (exact) mass is 379 g/mol. The van der Waals surface area contributed by atoms with Crippen molar-refractivity contribution in [2.24, 2.45) is 0 Å². The molecule has 0 aromatic heterocycles. The number of benzene rings is 2. The van der Waals surface area contributed by atoms with Gasteiger partial charge in [0.25, 0.3) is 0 Å². The summed E-state index contributed by atoms with van der Waals surface area (Å²) >= 11 is 0. The molecule has 2 N–H and O–H groups in total. The highest BCUT2D eigenvalue weighted by Gasteiger charge is 2.20. The largest absolute Gasteiger partial charge is 0.423 e. The van der Waals surface area contributed by atoms with Gasteiger partial charge in [0.1, 0.15) is 5.75 Å². The Kier molecular flexibility index (Phi) is 4.73. The molecule has 4 rings (SSSR count). The predicted molar refractivity (Wildman–Crippen MR) is 106 cm³/mol. The summed E-state index contributed by atoms with van der Waals surface area (Å²) in [5.41, 5.74) is 3.54. The Morgan fingerprint density at radius 3 is 2.61 bits per heavy atom. The molecular formula is C21H21N3O4. The van der Waals surface area contributed by atoms with Gasteiger partial charge >= 0.3 is 5.97 Å². The number of nitrogens with one attached hydrogen (secondary N) is 2. The number of carbonyl (C=O) groups excluding carboxylic acids is 3. The lowest BCUT2D eigenvalue weighted by Crippen LogP contribution is -2.18. The first-order valence-corrected chi connectivity index (χ1v) is 9.29. The van der Waals surface area contributed by atoms with Crippen molar-refractivity contribution in [3.8, 4) is 5.75 Å². The number of anilines is 3. The minimum Gasteiger partial charge on any atom is -0.423 e. The Morgan fingerprint density at radius 2 is 1.75 bits per heavy atom. The normalized spacial score (nSPS) is 16.1. The molecule has 0 atom stereocenters. The minimum atomic E-state index is -0.499. The number of carbonyl (C=O) groups is 3. The van der Waals surface area contributed by atoms with Crippen molar-refractivity contribution in [1.82, 2.24) is 0 Å². The zero-order valence-corrected chi connectivity index (χ0v) is 15.6. The third kappa shape index (κ3) is 3.69. The maximum atomic E-state index is 12.6. The molecule has 0 saturated heterocycles. The van der Waals surface area contributed by atoms with Gasteiger partial charge in [-0.2, -0.15) is 0 Å². The van der Waals surface area contributed by atoms with Crippen LogP contribution in [-0.2, 0) is 16.0 Å². The SMILES string of the molecule is CN1CCC(=O)Nc2cc(C(=O)Oc3ccc4c(c3)CCCC(=O)N4)ccc21. The second-order valence-electron chi connectivity index (χ2n) is 7.06. The van der Waals surface area contributed by atoms with Crippen LogP contribution in [0.4, 0.5) is 17.1 Å². The van der Waals surface area contributed by atoms with E-state index in [9.17, 15) is 14.4 Å². The summed E-state index contributed by atoms with van der Waals surface area (Å²) in [6.07, 6.45) is 2.39. The number of hydrogen-bond acceptors (Lipinski definition) is 5. The molecule has 7 nitrogen and oxygen atoms in total. The fraction of sp³-hybridized carbons (Fsp3) is 0.286. The highest BCUT2D eigenvalue weighted by Crippen LogP contribution is 2.30. The first kappa shape index (κ1) is 18.0. The lowest BCUT2D eigenvalue weighted by Gasteiger charge is -2.18. The van der Waals surface area contributed by atoms with Crippen LogP contribution < -0.4 is 20.3 Å². The van der Waals surface area contributed by atoms with Gasteiger partial charge in [0.15, 0.2) is 0 Å². The van der Waals surface area contributed by atoms with E-state index in [1.807, 2.05) is 18.0 Å². The topological polar surface area (TPSA) is 87.7 Å². The van der Waals surface area contributed by atoms with Crippen molar-refractivity contribution >= 4 is 34.8 Å². The van der Waals surface area contributed by atoms with Crippen molar-refractivity contribution in [3.05, 3.63) is 47.5 Å². The van der Waals surface area contributed by atoms with Gasteiger partial charge in [0.2, 0.25) is 11.8 Å². The molecule has 2 aromatic rings. The summed E-state index contributed by atoms with van der Waals surface area (Å²) in [5, 5.41) is 5.69. The number of fused-ring (bicyclic) bond motifs is 2. The van der Waals surface area contributed by atoms with Gasteiger partial charge in [0, 0.05) is 32.1 Å². The molecule has 2 aliphatic heterocycles. The van der Waals surface area contributed by atoms with Crippen LogP contribution in [0.5, 0.6) is 5.75 Å². The van der Waals surface area contributed by atoms with Crippen molar-refractivity contribution in [2.75, 3.05) is 29.1 Å². The Bertz CT molecular complexity index is 970. The van der Waals surface area contributed by atoms with E-state index >= 15 is 0 Å². The number of aryl methyl sites for hydroxylation is 1. The average Bonchev–Trinajstić information content (AvgIpc) is 2.94. The van der Waals surface area contributed by atoms with Crippen LogP contribution in [0, 0.1) is 0 Å². The second kappa shape index (κ2) is 7.34. The zero-order valence-electron chi connectivity index (χ0n) is 15.6. The molecule has 7 heteroatoms. The van der Waals surface area contributed by atoms with Gasteiger partial charge in [-0.1, -0.05) is 0 Å². The van der Waals surface area contributed by atoms with E-state index in [0.717, 1.165) is 29.8 Å². The molecule has 2 aromatic carbocycles. The van der Waals surface area contributed by atoms with E-state index < -0.39 is 5.97 Å². The third-order valence-electron chi connectivity index (χ3n) is 5.00. The van der Waals surface area contributed by atoms with Crippen molar-refractivity contribution < 1.29 is 19.1 Å². The van der Waals surface area contributed by atoms with Crippen LogP contribution in [-0.4, -0.2) is 31.4 Å². The highest BCUT2D eigenvalue weighted by molar-refractivity contribution is 6.00.